The van der Waals surface area contributed by atoms with E-state index in [0.29, 0.717) is 28.9 Å². The second-order valence-corrected chi connectivity index (χ2v) is 8.10. The van der Waals surface area contributed by atoms with Gasteiger partial charge in [-0.15, -0.1) is 0 Å². The molecule has 0 aliphatic heterocycles. The fourth-order valence-corrected chi connectivity index (χ4v) is 3.36. The first-order chi connectivity index (χ1) is 14.3. The topological polar surface area (TPSA) is 60.5 Å². The Labute approximate surface area is 182 Å². The number of rotatable bonds is 8. The standard InChI is InChI=1S/C23H28ClN3O3/c1-6-27-12-19(24)20(25-27)13-26(5)23(28)21-10-8-17(30-21)14-29-22-11-16(4)7-9-18(22)15(2)3/h7-12,15H,6,13-14H2,1-5H3. The van der Waals surface area contributed by atoms with Crippen LogP contribution < -0.4 is 4.74 Å². The van der Waals surface area contributed by atoms with Gasteiger partial charge in [0.25, 0.3) is 5.91 Å². The highest BCUT2D eigenvalue weighted by Gasteiger charge is 2.19. The van der Waals surface area contributed by atoms with Crippen LogP contribution in [0.4, 0.5) is 0 Å². The van der Waals surface area contributed by atoms with Gasteiger partial charge in [0.05, 0.1) is 11.6 Å². The van der Waals surface area contributed by atoms with E-state index < -0.39 is 0 Å². The maximum atomic E-state index is 12.7. The van der Waals surface area contributed by atoms with E-state index in [0.717, 1.165) is 23.4 Å². The number of aromatic nitrogens is 2. The molecule has 0 aliphatic rings. The highest BCUT2D eigenvalue weighted by molar-refractivity contribution is 6.31. The number of carbonyl (C=O) groups is 1. The van der Waals surface area contributed by atoms with Crippen molar-refractivity contribution < 1.29 is 13.9 Å². The number of aryl methyl sites for hydroxylation is 2. The Morgan fingerprint density at radius 1 is 1.30 bits per heavy atom. The van der Waals surface area contributed by atoms with E-state index in [1.165, 1.54) is 4.90 Å². The van der Waals surface area contributed by atoms with Gasteiger partial charge >= 0.3 is 0 Å². The molecule has 0 saturated carbocycles. The van der Waals surface area contributed by atoms with Crippen LogP contribution >= 0.6 is 11.6 Å². The molecule has 2 aromatic heterocycles. The van der Waals surface area contributed by atoms with Crippen molar-refractivity contribution in [3.05, 3.63) is 69.9 Å². The SMILES string of the molecule is CCn1cc(Cl)c(CN(C)C(=O)c2ccc(COc3cc(C)ccc3C(C)C)o2)n1. The third-order valence-electron chi connectivity index (χ3n) is 4.88. The van der Waals surface area contributed by atoms with Crippen molar-refractivity contribution in [2.75, 3.05) is 7.05 Å². The zero-order valence-corrected chi connectivity index (χ0v) is 18.9. The van der Waals surface area contributed by atoms with Gasteiger partial charge in [0.15, 0.2) is 5.76 Å². The quantitative estimate of drug-likeness (QED) is 0.478. The lowest BCUT2D eigenvalue weighted by molar-refractivity contribution is 0.0747. The number of benzene rings is 1. The van der Waals surface area contributed by atoms with E-state index in [2.05, 4.69) is 31.1 Å². The maximum Gasteiger partial charge on any atom is 0.289 e. The average Bonchev–Trinajstić information content (AvgIpc) is 3.32. The minimum absolute atomic E-state index is 0.234. The molecule has 0 N–H and O–H groups in total. The number of amides is 1. The number of carbonyl (C=O) groups excluding carboxylic acids is 1. The normalized spacial score (nSPS) is 11.2. The van der Waals surface area contributed by atoms with Crippen LogP contribution in [0.5, 0.6) is 5.75 Å². The Hall–Kier alpha value is -2.73. The molecule has 0 radical (unpaired) electrons. The van der Waals surface area contributed by atoms with Crippen molar-refractivity contribution in [2.24, 2.45) is 0 Å². The van der Waals surface area contributed by atoms with Crippen LogP contribution in [-0.4, -0.2) is 27.6 Å². The van der Waals surface area contributed by atoms with Crippen LogP contribution in [0, 0.1) is 6.92 Å². The second kappa shape index (κ2) is 9.39. The fraction of sp³-hybridized carbons (Fsp3) is 0.391. The molecule has 0 saturated heterocycles. The lowest BCUT2D eigenvalue weighted by Gasteiger charge is -2.15. The molecular formula is C23H28ClN3O3. The van der Waals surface area contributed by atoms with Crippen molar-refractivity contribution in [1.29, 1.82) is 0 Å². The molecule has 3 rings (SSSR count). The molecule has 7 heteroatoms. The number of hydrogen-bond donors (Lipinski definition) is 0. The minimum Gasteiger partial charge on any atom is -0.485 e. The van der Waals surface area contributed by atoms with Crippen molar-refractivity contribution in [1.82, 2.24) is 14.7 Å². The van der Waals surface area contributed by atoms with Gasteiger partial charge in [-0.2, -0.15) is 5.10 Å². The first kappa shape index (κ1) is 22.0. The summed E-state index contributed by atoms with van der Waals surface area (Å²) in [6.45, 7) is 9.56. The Balaban J connectivity index is 1.65. The first-order valence-corrected chi connectivity index (χ1v) is 10.5. The largest absolute Gasteiger partial charge is 0.485 e. The monoisotopic (exact) mass is 429 g/mol. The lowest BCUT2D eigenvalue weighted by Crippen LogP contribution is -2.26. The molecule has 0 bridgehead atoms. The van der Waals surface area contributed by atoms with E-state index in [1.54, 1.807) is 30.1 Å². The number of nitrogens with zero attached hydrogens (tertiary/aromatic N) is 3. The van der Waals surface area contributed by atoms with Gasteiger partial charge in [-0.1, -0.05) is 37.6 Å². The minimum atomic E-state index is -0.234. The molecule has 0 spiro atoms. The zero-order valence-electron chi connectivity index (χ0n) is 18.1. The fourth-order valence-electron chi connectivity index (χ4n) is 3.15. The summed E-state index contributed by atoms with van der Waals surface area (Å²) in [6.07, 6.45) is 1.76. The van der Waals surface area contributed by atoms with Gasteiger partial charge in [-0.25, -0.2) is 0 Å². The Morgan fingerprint density at radius 3 is 2.73 bits per heavy atom. The van der Waals surface area contributed by atoms with Gasteiger partial charge in [-0.3, -0.25) is 9.48 Å². The molecule has 1 aromatic carbocycles. The van der Waals surface area contributed by atoms with E-state index in [4.69, 9.17) is 20.8 Å². The highest BCUT2D eigenvalue weighted by atomic mass is 35.5. The second-order valence-electron chi connectivity index (χ2n) is 7.69. The number of ether oxygens (including phenoxy) is 1. The van der Waals surface area contributed by atoms with E-state index in [-0.39, 0.29) is 18.3 Å². The molecule has 2 heterocycles. The summed E-state index contributed by atoms with van der Waals surface area (Å²) in [6, 6.07) is 9.63. The third-order valence-corrected chi connectivity index (χ3v) is 5.19. The highest BCUT2D eigenvalue weighted by Crippen LogP contribution is 2.28. The van der Waals surface area contributed by atoms with Crippen molar-refractivity contribution in [2.45, 2.75) is 53.3 Å². The molecule has 0 unspecified atom stereocenters. The van der Waals surface area contributed by atoms with Crippen molar-refractivity contribution in [3.8, 4) is 5.75 Å². The molecule has 0 fully saturated rings. The lowest BCUT2D eigenvalue weighted by atomic mass is 10.0. The first-order valence-electron chi connectivity index (χ1n) is 10.1. The molecule has 6 nitrogen and oxygen atoms in total. The molecule has 160 valence electrons. The summed E-state index contributed by atoms with van der Waals surface area (Å²) in [5, 5.41) is 4.93. The van der Waals surface area contributed by atoms with Crippen LogP contribution in [0.2, 0.25) is 5.02 Å². The summed E-state index contributed by atoms with van der Waals surface area (Å²) in [5.74, 6) is 1.81. The van der Waals surface area contributed by atoms with E-state index in [1.807, 2.05) is 19.9 Å². The van der Waals surface area contributed by atoms with Gasteiger partial charge in [0.1, 0.15) is 23.8 Å². The van der Waals surface area contributed by atoms with Crippen LogP contribution in [-0.2, 0) is 19.7 Å². The molecule has 0 atom stereocenters. The van der Waals surface area contributed by atoms with Gasteiger partial charge < -0.3 is 14.1 Å². The van der Waals surface area contributed by atoms with Crippen molar-refractivity contribution >= 4 is 17.5 Å². The maximum absolute atomic E-state index is 12.7. The van der Waals surface area contributed by atoms with Crippen LogP contribution in [0.15, 0.2) is 40.9 Å². The van der Waals surface area contributed by atoms with Crippen LogP contribution in [0.3, 0.4) is 0 Å². The Morgan fingerprint density at radius 2 is 2.07 bits per heavy atom. The molecule has 3 aromatic rings. The molecule has 0 aliphatic carbocycles. The van der Waals surface area contributed by atoms with Gasteiger partial charge in [-0.05, 0) is 49.1 Å². The summed E-state index contributed by atoms with van der Waals surface area (Å²) in [4.78, 5) is 14.3. The van der Waals surface area contributed by atoms with E-state index >= 15 is 0 Å². The third kappa shape index (κ3) is 5.05. The summed E-state index contributed by atoms with van der Waals surface area (Å²) >= 11 is 6.21. The summed E-state index contributed by atoms with van der Waals surface area (Å²) in [5.41, 5.74) is 2.94. The number of hydrogen-bond acceptors (Lipinski definition) is 4. The average molecular weight is 430 g/mol. The van der Waals surface area contributed by atoms with Gasteiger partial charge in [0, 0.05) is 19.8 Å². The predicted octanol–water partition coefficient (Wildman–Crippen LogP) is 5.43. The Bertz CT molecular complexity index is 1020. The number of halogens is 1. The Kier molecular flexibility index (Phi) is 6.87. The van der Waals surface area contributed by atoms with Crippen LogP contribution in [0.1, 0.15) is 59.8 Å². The van der Waals surface area contributed by atoms with Crippen LogP contribution in [0.25, 0.3) is 0 Å². The van der Waals surface area contributed by atoms with E-state index in [9.17, 15) is 4.79 Å². The van der Waals surface area contributed by atoms with Crippen molar-refractivity contribution in [3.63, 3.8) is 0 Å². The molecule has 1 amide bonds. The molecule has 30 heavy (non-hydrogen) atoms. The summed E-state index contributed by atoms with van der Waals surface area (Å²) in [7, 11) is 1.70. The van der Waals surface area contributed by atoms with Gasteiger partial charge in [0.2, 0.25) is 0 Å². The number of furan rings is 1. The molecular weight excluding hydrogens is 402 g/mol. The smallest absolute Gasteiger partial charge is 0.289 e. The summed E-state index contributed by atoms with van der Waals surface area (Å²) < 4.78 is 13.5. The zero-order chi connectivity index (χ0) is 21.8. The predicted molar refractivity (Wildman–Crippen MR) is 117 cm³/mol.